The molecule has 2 rings (SSSR count). The molecule has 0 saturated heterocycles. The van der Waals surface area contributed by atoms with E-state index in [0.717, 1.165) is 30.6 Å². The predicted octanol–water partition coefficient (Wildman–Crippen LogP) is 1.42. The lowest BCUT2D eigenvalue weighted by molar-refractivity contribution is -0.123. The van der Waals surface area contributed by atoms with E-state index < -0.39 is 6.04 Å². The molecule has 0 aliphatic heterocycles. The number of nitrogens with one attached hydrogen (secondary N) is 1. The molecule has 1 fully saturated rings. The number of thiophene rings is 1. The van der Waals surface area contributed by atoms with Crippen LogP contribution in [0, 0.1) is 5.41 Å². The quantitative estimate of drug-likeness (QED) is 0.756. The fraction of sp³-hybridized carbons (Fsp3) is 0.615. The third-order valence-electron chi connectivity index (χ3n) is 3.77. The highest BCUT2D eigenvalue weighted by Crippen LogP contribution is 2.36. The standard InChI is InChI=1S/C13H20N2O2S/c14-11(10-4-3-7-18-10)12(17)15-8-13(9-16)5-1-2-6-13/h3-4,7,11,16H,1-2,5-6,8-9,14H2,(H,15,17). The van der Waals surface area contributed by atoms with Crippen molar-refractivity contribution in [3.63, 3.8) is 0 Å². The molecule has 1 aromatic rings. The molecule has 1 amide bonds. The maximum Gasteiger partial charge on any atom is 0.242 e. The third-order valence-corrected chi connectivity index (χ3v) is 4.72. The predicted molar refractivity (Wildman–Crippen MR) is 72.2 cm³/mol. The summed E-state index contributed by atoms with van der Waals surface area (Å²) in [6.45, 7) is 0.670. The van der Waals surface area contributed by atoms with E-state index in [-0.39, 0.29) is 17.9 Å². The van der Waals surface area contributed by atoms with Crippen molar-refractivity contribution in [1.29, 1.82) is 0 Å². The molecule has 0 bridgehead atoms. The van der Waals surface area contributed by atoms with Gasteiger partial charge in [-0.1, -0.05) is 18.9 Å². The van der Waals surface area contributed by atoms with Gasteiger partial charge in [-0.2, -0.15) is 0 Å². The molecule has 100 valence electrons. The minimum atomic E-state index is -0.595. The lowest BCUT2D eigenvalue weighted by Crippen LogP contribution is -2.42. The molecule has 5 heteroatoms. The van der Waals surface area contributed by atoms with Crippen LogP contribution in [0.3, 0.4) is 0 Å². The molecule has 1 unspecified atom stereocenters. The molecule has 1 saturated carbocycles. The maximum absolute atomic E-state index is 11.9. The lowest BCUT2D eigenvalue weighted by Gasteiger charge is -2.27. The minimum Gasteiger partial charge on any atom is -0.396 e. The summed E-state index contributed by atoms with van der Waals surface area (Å²) in [5.41, 5.74) is 5.77. The molecule has 1 aliphatic rings. The van der Waals surface area contributed by atoms with Crippen molar-refractivity contribution >= 4 is 17.2 Å². The van der Waals surface area contributed by atoms with Gasteiger partial charge in [0.05, 0.1) is 6.61 Å². The lowest BCUT2D eigenvalue weighted by atomic mass is 9.87. The van der Waals surface area contributed by atoms with E-state index in [1.165, 1.54) is 11.3 Å². The molecule has 1 atom stereocenters. The molecule has 4 nitrogen and oxygen atoms in total. The second-order valence-electron chi connectivity index (χ2n) is 5.08. The van der Waals surface area contributed by atoms with Gasteiger partial charge in [0.2, 0.25) is 5.91 Å². The van der Waals surface area contributed by atoms with Crippen LogP contribution in [-0.4, -0.2) is 24.2 Å². The molecule has 0 aromatic carbocycles. The summed E-state index contributed by atoms with van der Waals surface area (Å²) in [6.07, 6.45) is 4.23. The largest absolute Gasteiger partial charge is 0.396 e. The van der Waals surface area contributed by atoms with Crippen LogP contribution in [0.25, 0.3) is 0 Å². The number of hydrogen-bond acceptors (Lipinski definition) is 4. The zero-order chi connectivity index (χ0) is 13.0. The fourth-order valence-electron chi connectivity index (χ4n) is 2.50. The summed E-state index contributed by atoms with van der Waals surface area (Å²) in [5.74, 6) is -0.155. The topological polar surface area (TPSA) is 75.4 Å². The van der Waals surface area contributed by atoms with Gasteiger partial charge < -0.3 is 16.2 Å². The van der Waals surface area contributed by atoms with E-state index in [1.54, 1.807) is 0 Å². The van der Waals surface area contributed by atoms with E-state index in [4.69, 9.17) is 5.73 Å². The van der Waals surface area contributed by atoms with E-state index in [1.807, 2.05) is 17.5 Å². The van der Waals surface area contributed by atoms with Crippen molar-refractivity contribution in [1.82, 2.24) is 5.32 Å². The van der Waals surface area contributed by atoms with Gasteiger partial charge in [-0.25, -0.2) is 0 Å². The minimum absolute atomic E-state index is 0.120. The monoisotopic (exact) mass is 268 g/mol. The number of rotatable bonds is 5. The Bertz CT molecular complexity index is 386. The van der Waals surface area contributed by atoms with Crippen LogP contribution in [0.15, 0.2) is 17.5 Å². The molecular formula is C13H20N2O2S. The number of carbonyl (C=O) groups excluding carboxylic acids is 1. The number of amides is 1. The number of carbonyl (C=O) groups is 1. The summed E-state index contributed by atoms with van der Waals surface area (Å²) in [5, 5.41) is 14.3. The number of hydrogen-bond donors (Lipinski definition) is 3. The highest BCUT2D eigenvalue weighted by Gasteiger charge is 2.34. The van der Waals surface area contributed by atoms with E-state index in [9.17, 15) is 9.90 Å². The average Bonchev–Trinajstić information content (AvgIpc) is 3.06. The van der Waals surface area contributed by atoms with Crippen LogP contribution in [0.1, 0.15) is 36.6 Å². The molecule has 1 aliphatic carbocycles. The Kier molecular flexibility index (Phi) is 4.37. The fourth-order valence-corrected chi connectivity index (χ4v) is 3.22. The van der Waals surface area contributed by atoms with Gasteiger partial charge in [0.15, 0.2) is 0 Å². The second kappa shape index (κ2) is 5.82. The van der Waals surface area contributed by atoms with Crippen molar-refractivity contribution in [3.05, 3.63) is 22.4 Å². The van der Waals surface area contributed by atoms with Crippen molar-refractivity contribution < 1.29 is 9.90 Å². The van der Waals surface area contributed by atoms with Gasteiger partial charge >= 0.3 is 0 Å². The first-order valence-electron chi connectivity index (χ1n) is 6.34. The molecule has 0 spiro atoms. The third kappa shape index (κ3) is 2.91. The first-order valence-corrected chi connectivity index (χ1v) is 7.22. The Morgan fingerprint density at radius 1 is 1.56 bits per heavy atom. The van der Waals surface area contributed by atoms with Crippen molar-refractivity contribution in [2.75, 3.05) is 13.2 Å². The number of aliphatic hydroxyl groups is 1. The highest BCUT2D eigenvalue weighted by molar-refractivity contribution is 7.10. The molecule has 1 aromatic heterocycles. The first-order chi connectivity index (χ1) is 8.67. The summed E-state index contributed by atoms with van der Waals surface area (Å²) < 4.78 is 0. The Morgan fingerprint density at radius 3 is 2.83 bits per heavy atom. The van der Waals surface area contributed by atoms with Gasteiger partial charge in [0, 0.05) is 16.8 Å². The van der Waals surface area contributed by atoms with Crippen molar-refractivity contribution in [2.45, 2.75) is 31.7 Å². The Hall–Kier alpha value is -0.910. The molecular weight excluding hydrogens is 248 g/mol. The van der Waals surface area contributed by atoms with Gasteiger partial charge in [-0.05, 0) is 24.3 Å². The van der Waals surface area contributed by atoms with Gasteiger partial charge in [0.25, 0.3) is 0 Å². The highest BCUT2D eigenvalue weighted by atomic mass is 32.1. The van der Waals surface area contributed by atoms with Crippen LogP contribution in [0.5, 0.6) is 0 Å². The Labute approximate surface area is 111 Å². The van der Waals surface area contributed by atoms with Gasteiger partial charge in [-0.15, -0.1) is 11.3 Å². The first kappa shape index (κ1) is 13.5. The van der Waals surface area contributed by atoms with Crippen molar-refractivity contribution in [3.8, 4) is 0 Å². The van der Waals surface area contributed by atoms with Crippen LogP contribution >= 0.6 is 11.3 Å². The molecule has 1 heterocycles. The number of aliphatic hydroxyl groups excluding tert-OH is 1. The van der Waals surface area contributed by atoms with Gasteiger partial charge in [-0.3, -0.25) is 4.79 Å². The SMILES string of the molecule is NC(C(=O)NCC1(CO)CCCC1)c1cccs1. The summed E-state index contributed by atoms with van der Waals surface area (Å²) in [6, 6.07) is 3.16. The zero-order valence-corrected chi connectivity index (χ0v) is 11.2. The molecule has 4 N–H and O–H groups in total. The van der Waals surface area contributed by atoms with Crippen molar-refractivity contribution in [2.24, 2.45) is 11.1 Å². The van der Waals surface area contributed by atoms with Crippen LogP contribution in [-0.2, 0) is 4.79 Å². The van der Waals surface area contributed by atoms with Crippen LogP contribution in [0.4, 0.5) is 0 Å². The van der Waals surface area contributed by atoms with E-state index in [0.29, 0.717) is 6.54 Å². The van der Waals surface area contributed by atoms with Crippen LogP contribution < -0.4 is 11.1 Å². The summed E-state index contributed by atoms with van der Waals surface area (Å²) in [4.78, 5) is 12.8. The second-order valence-corrected chi connectivity index (χ2v) is 6.06. The Balaban J connectivity index is 1.88. The smallest absolute Gasteiger partial charge is 0.242 e. The maximum atomic E-state index is 11.9. The summed E-state index contributed by atoms with van der Waals surface area (Å²) >= 11 is 1.49. The zero-order valence-electron chi connectivity index (χ0n) is 10.4. The average molecular weight is 268 g/mol. The molecule has 18 heavy (non-hydrogen) atoms. The van der Waals surface area contributed by atoms with E-state index >= 15 is 0 Å². The Morgan fingerprint density at radius 2 is 2.28 bits per heavy atom. The van der Waals surface area contributed by atoms with Gasteiger partial charge in [0.1, 0.15) is 6.04 Å². The van der Waals surface area contributed by atoms with E-state index in [2.05, 4.69) is 5.32 Å². The summed E-state index contributed by atoms with van der Waals surface area (Å²) in [7, 11) is 0. The number of nitrogens with two attached hydrogens (primary N) is 1. The molecule has 0 radical (unpaired) electrons. The van der Waals surface area contributed by atoms with Crippen LogP contribution in [0.2, 0.25) is 0 Å². The normalized spacial score (nSPS) is 19.7.